The van der Waals surface area contributed by atoms with Crippen LogP contribution >= 0.6 is 11.6 Å². The number of hydrogen-bond donors (Lipinski definition) is 2. The third kappa shape index (κ3) is 5.78. The monoisotopic (exact) mass is 422 g/mol. The maximum Gasteiger partial charge on any atom is 0.241 e. The van der Waals surface area contributed by atoms with E-state index in [1.807, 2.05) is 30.3 Å². The summed E-state index contributed by atoms with van der Waals surface area (Å²) in [7, 11) is -3.88. The molecule has 8 heteroatoms. The van der Waals surface area contributed by atoms with Crippen molar-refractivity contribution in [3.8, 4) is 0 Å². The Labute approximate surface area is 170 Å². The van der Waals surface area contributed by atoms with Gasteiger partial charge in [-0.15, -0.1) is 0 Å². The summed E-state index contributed by atoms with van der Waals surface area (Å²) in [6.45, 7) is 1.06. The van der Waals surface area contributed by atoms with Gasteiger partial charge < -0.3 is 10.1 Å². The Balaban J connectivity index is 1.74. The lowest BCUT2D eigenvalue weighted by Gasteiger charge is -2.20. The van der Waals surface area contributed by atoms with Crippen LogP contribution in [0.3, 0.4) is 0 Å². The Bertz CT molecular complexity index is 882. The highest BCUT2D eigenvalue weighted by Crippen LogP contribution is 2.16. The number of rotatable bonds is 8. The van der Waals surface area contributed by atoms with Gasteiger partial charge in [-0.3, -0.25) is 4.79 Å². The van der Waals surface area contributed by atoms with E-state index in [1.54, 1.807) is 0 Å². The second-order valence-corrected chi connectivity index (χ2v) is 8.85. The maximum atomic E-state index is 12.8. The lowest BCUT2D eigenvalue weighted by atomic mass is 10.1. The first kappa shape index (κ1) is 20.8. The number of hydrogen-bond acceptors (Lipinski definition) is 4. The van der Waals surface area contributed by atoms with Crippen molar-refractivity contribution < 1.29 is 17.9 Å². The predicted octanol–water partition coefficient (Wildman–Crippen LogP) is 2.52. The van der Waals surface area contributed by atoms with Crippen LogP contribution in [0.5, 0.6) is 0 Å². The second kappa shape index (κ2) is 9.52. The standard InChI is InChI=1S/C20H23ClN2O4S/c21-16-8-10-18(11-9-16)28(25,26)23-19(13-15-5-2-1-3-6-15)20(24)22-14-17-7-4-12-27-17/h1-3,5-6,8-11,17,19,23H,4,7,12-14H2,(H,22,24). The summed E-state index contributed by atoms with van der Waals surface area (Å²) in [6.07, 6.45) is 2.08. The fourth-order valence-electron chi connectivity index (χ4n) is 3.05. The lowest BCUT2D eigenvalue weighted by Crippen LogP contribution is -2.49. The summed E-state index contributed by atoms with van der Waals surface area (Å²) in [6, 6.07) is 14.2. The highest BCUT2D eigenvalue weighted by atomic mass is 35.5. The Kier molecular flexibility index (Phi) is 7.07. The average molecular weight is 423 g/mol. The quantitative estimate of drug-likeness (QED) is 0.684. The molecule has 0 aromatic heterocycles. The molecule has 0 saturated carbocycles. The van der Waals surface area contributed by atoms with E-state index in [0.29, 0.717) is 18.2 Å². The highest BCUT2D eigenvalue weighted by Gasteiger charge is 2.27. The average Bonchev–Trinajstić information content (AvgIpc) is 3.20. The van der Waals surface area contributed by atoms with Gasteiger partial charge >= 0.3 is 0 Å². The van der Waals surface area contributed by atoms with Crippen LogP contribution in [0.4, 0.5) is 0 Å². The molecule has 1 fully saturated rings. The van der Waals surface area contributed by atoms with E-state index in [1.165, 1.54) is 24.3 Å². The van der Waals surface area contributed by atoms with Gasteiger partial charge in [0.25, 0.3) is 0 Å². The maximum absolute atomic E-state index is 12.8. The number of sulfonamides is 1. The number of halogens is 1. The number of carbonyl (C=O) groups excluding carboxylic acids is 1. The van der Waals surface area contributed by atoms with Crippen LogP contribution in [-0.4, -0.2) is 39.6 Å². The van der Waals surface area contributed by atoms with Crippen molar-refractivity contribution in [2.24, 2.45) is 0 Å². The lowest BCUT2D eigenvalue weighted by molar-refractivity contribution is -0.123. The fraction of sp³-hybridized carbons (Fsp3) is 0.350. The van der Waals surface area contributed by atoms with E-state index in [4.69, 9.17) is 16.3 Å². The second-order valence-electron chi connectivity index (χ2n) is 6.70. The molecule has 0 radical (unpaired) electrons. The van der Waals surface area contributed by atoms with Gasteiger partial charge in [0, 0.05) is 18.2 Å². The van der Waals surface area contributed by atoms with Crippen LogP contribution in [0, 0.1) is 0 Å². The van der Waals surface area contributed by atoms with Crippen LogP contribution in [0.1, 0.15) is 18.4 Å². The number of benzene rings is 2. The van der Waals surface area contributed by atoms with E-state index < -0.39 is 16.1 Å². The molecule has 150 valence electrons. The summed E-state index contributed by atoms with van der Waals surface area (Å²) >= 11 is 5.84. The van der Waals surface area contributed by atoms with E-state index in [2.05, 4.69) is 10.0 Å². The minimum Gasteiger partial charge on any atom is -0.376 e. The van der Waals surface area contributed by atoms with Crippen molar-refractivity contribution in [2.45, 2.75) is 36.3 Å². The molecule has 1 aliphatic rings. The van der Waals surface area contributed by atoms with Crippen molar-refractivity contribution in [3.63, 3.8) is 0 Å². The molecule has 6 nitrogen and oxygen atoms in total. The molecular weight excluding hydrogens is 400 g/mol. The molecule has 2 N–H and O–H groups in total. The van der Waals surface area contributed by atoms with Crippen molar-refractivity contribution >= 4 is 27.5 Å². The normalized spacial score (nSPS) is 18.0. The zero-order chi connectivity index (χ0) is 20.0. The van der Waals surface area contributed by atoms with Crippen LogP contribution < -0.4 is 10.0 Å². The van der Waals surface area contributed by atoms with Gasteiger partial charge in [-0.25, -0.2) is 8.42 Å². The third-order valence-corrected chi connectivity index (χ3v) is 6.29. The van der Waals surface area contributed by atoms with Gasteiger partial charge in [0.05, 0.1) is 11.0 Å². The molecule has 1 amide bonds. The molecule has 0 bridgehead atoms. The smallest absolute Gasteiger partial charge is 0.241 e. The summed E-state index contributed by atoms with van der Waals surface area (Å²) < 4.78 is 33.5. The van der Waals surface area contributed by atoms with Crippen molar-refractivity contribution in [2.75, 3.05) is 13.2 Å². The molecule has 0 aliphatic carbocycles. The molecule has 0 spiro atoms. The largest absolute Gasteiger partial charge is 0.376 e. The number of amides is 1. The molecule has 2 unspecified atom stereocenters. The van der Waals surface area contributed by atoms with Gasteiger partial charge in [-0.2, -0.15) is 4.72 Å². The van der Waals surface area contributed by atoms with Crippen molar-refractivity contribution in [1.29, 1.82) is 0 Å². The number of nitrogens with one attached hydrogen (secondary N) is 2. The van der Waals surface area contributed by atoms with E-state index in [9.17, 15) is 13.2 Å². The molecule has 1 saturated heterocycles. The Morgan fingerprint density at radius 1 is 1.14 bits per heavy atom. The summed E-state index contributed by atoms with van der Waals surface area (Å²) in [4.78, 5) is 12.8. The van der Waals surface area contributed by atoms with Gasteiger partial charge in [0.1, 0.15) is 6.04 Å². The molecule has 1 aliphatic heterocycles. The zero-order valence-electron chi connectivity index (χ0n) is 15.3. The Morgan fingerprint density at radius 2 is 1.86 bits per heavy atom. The van der Waals surface area contributed by atoms with Gasteiger partial charge in [0.2, 0.25) is 15.9 Å². The predicted molar refractivity (Wildman–Crippen MR) is 108 cm³/mol. The molecule has 3 rings (SSSR count). The van der Waals surface area contributed by atoms with Gasteiger partial charge in [0.15, 0.2) is 0 Å². The van der Waals surface area contributed by atoms with Crippen LogP contribution in [0.15, 0.2) is 59.5 Å². The Hall–Kier alpha value is -1.93. The fourth-order valence-corrected chi connectivity index (χ4v) is 4.37. The summed E-state index contributed by atoms with van der Waals surface area (Å²) in [5.41, 5.74) is 0.860. The van der Waals surface area contributed by atoms with Gasteiger partial charge in [-0.05, 0) is 49.1 Å². The zero-order valence-corrected chi connectivity index (χ0v) is 16.9. The summed E-state index contributed by atoms with van der Waals surface area (Å²) in [5, 5.41) is 3.26. The molecule has 2 atom stereocenters. The minimum absolute atomic E-state index is 0.0193. The van der Waals surface area contributed by atoms with Gasteiger partial charge in [-0.1, -0.05) is 41.9 Å². The molecule has 2 aromatic carbocycles. The molecule has 28 heavy (non-hydrogen) atoms. The molecular formula is C20H23ClN2O4S. The SMILES string of the molecule is O=C(NCC1CCCO1)C(Cc1ccccc1)NS(=O)(=O)c1ccc(Cl)cc1. The molecule has 2 aromatic rings. The van der Waals surface area contributed by atoms with E-state index in [0.717, 1.165) is 18.4 Å². The molecule has 1 heterocycles. The third-order valence-electron chi connectivity index (χ3n) is 4.55. The first-order valence-corrected chi connectivity index (χ1v) is 11.0. The first-order chi connectivity index (χ1) is 13.4. The topological polar surface area (TPSA) is 84.5 Å². The van der Waals surface area contributed by atoms with E-state index in [-0.39, 0.29) is 23.3 Å². The van der Waals surface area contributed by atoms with Crippen molar-refractivity contribution in [3.05, 3.63) is 65.2 Å². The van der Waals surface area contributed by atoms with Crippen LogP contribution in [0.25, 0.3) is 0 Å². The van der Waals surface area contributed by atoms with Crippen LogP contribution in [-0.2, 0) is 26.0 Å². The first-order valence-electron chi connectivity index (χ1n) is 9.15. The van der Waals surface area contributed by atoms with Crippen molar-refractivity contribution in [1.82, 2.24) is 10.0 Å². The number of carbonyl (C=O) groups is 1. The minimum atomic E-state index is -3.88. The summed E-state index contributed by atoms with van der Waals surface area (Å²) in [5.74, 6) is -0.378. The Morgan fingerprint density at radius 3 is 2.50 bits per heavy atom. The number of ether oxygens (including phenoxy) is 1. The van der Waals surface area contributed by atoms with E-state index >= 15 is 0 Å². The highest BCUT2D eigenvalue weighted by molar-refractivity contribution is 7.89. The van der Waals surface area contributed by atoms with Crippen LogP contribution in [0.2, 0.25) is 5.02 Å².